The highest BCUT2D eigenvalue weighted by atomic mass is 32.2. The van der Waals surface area contributed by atoms with E-state index in [1.807, 2.05) is 30.3 Å². The third-order valence-electron chi connectivity index (χ3n) is 4.42. The summed E-state index contributed by atoms with van der Waals surface area (Å²) in [6.45, 7) is 0.668. The minimum absolute atomic E-state index is 0.223. The van der Waals surface area contributed by atoms with Crippen LogP contribution in [0.5, 0.6) is 11.8 Å². The molecule has 0 radical (unpaired) electrons. The van der Waals surface area contributed by atoms with Crippen LogP contribution in [0.4, 0.5) is 5.82 Å². The third kappa shape index (κ3) is 6.58. The van der Waals surface area contributed by atoms with Gasteiger partial charge in [0.15, 0.2) is 0 Å². The third-order valence-corrected chi connectivity index (χ3v) is 4.63. The summed E-state index contributed by atoms with van der Waals surface area (Å²) in [5, 5.41) is 3.30. The number of hydrogen-bond donors (Lipinski definition) is 2. The molecule has 3 aromatic rings. The first-order valence-electron chi connectivity index (χ1n) is 9.70. The van der Waals surface area contributed by atoms with Crippen molar-refractivity contribution < 1.29 is 23.6 Å². The van der Waals surface area contributed by atoms with Gasteiger partial charge in [0.1, 0.15) is 11.6 Å². The molecule has 3 rings (SSSR count). The van der Waals surface area contributed by atoms with Gasteiger partial charge in [-0.05, 0) is 36.2 Å². The number of carbonyl (C=O) groups excluding carboxylic acids is 1. The molecule has 2 aromatic carbocycles. The summed E-state index contributed by atoms with van der Waals surface area (Å²) < 4.78 is 15.0. The van der Waals surface area contributed by atoms with E-state index in [-0.39, 0.29) is 6.01 Å². The molecule has 10 heteroatoms. The first kappa shape index (κ1) is 23.3. The van der Waals surface area contributed by atoms with Crippen LogP contribution in [0.2, 0.25) is 0 Å². The van der Waals surface area contributed by atoms with Crippen molar-refractivity contribution in [3.63, 3.8) is 0 Å². The summed E-state index contributed by atoms with van der Waals surface area (Å²) in [5.74, 6) is 0.998. The average molecular weight is 457 g/mol. The molecule has 0 bridgehead atoms. The first-order chi connectivity index (χ1) is 15.6. The Morgan fingerprint density at radius 1 is 1.03 bits per heavy atom. The number of amides is 1. The zero-order valence-electron chi connectivity index (χ0n) is 18.0. The van der Waals surface area contributed by atoms with Crippen molar-refractivity contribution in [2.45, 2.75) is 6.42 Å². The van der Waals surface area contributed by atoms with Crippen LogP contribution in [0.25, 0.3) is 11.3 Å². The second-order valence-corrected chi connectivity index (χ2v) is 6.95. The topological polar surface area (TPSA) is 104 Å². The van der Waals surface area contributed by atoms with Gasteiger partial charge in [-0.15, -0.1) is 4.33 Å². The molecule has 1 heterocycles. The Kier molecular flexibility index (Phi) is 8.67. The number of hydroxylamine groups is 1. The Morgan fingerprint density at radius 3 is 2.56 bits per heavy atom. The van der Waals surface area contributed by atoms with Crippen LogP contribution in [-0.2, 0) is 15.7 Å². The van der Waals surface area contributed by atoms with E-state index in [1.54, 1.807) is 37.6 Å². The molecule has 0 aliphatic carbocycles. The molecule has 0 saturated carbocycles. The van der Waals surface area contributed by atoms with E-state index in [2.05, 4.69) is 30.1 Å². The monoisotopic (exact) mass is 456 g/mol. The van der Waals surface area contributed by atoms with Crippen LogP contribution >= 0.6 is 12.0 Å². The minimum Gasteiger partial charge on any atom is -0.497 e. The number of methoxy groups -OCH3 is 2. The molecule has 0 unspecified atom stereocenters. The van der Waals surface area contributed by atoms with Gasteiger partial charge in [0.2, 0.25) is 0 Å². The van der Waals surface area contributed by atoms with Gasteiger partial charge >= 0.3 is 6.01 Å². The van der Waals surface area contributed by atoms with Crippen molar-refractivity contribution in [3.8, 4) is 23.0 Å². The molecule has 0 fully saturated rings. The summed E-state index contributed by atoms with van der Waals surface area (Å²) in [7, 11) is 3.15. The molecule has 1 amide bonds. The minimum atomic E-state index is -0.445. The van der Waals surface area contributed by atoms with E-state index in [9.17, 15) is 4.79 Å². The molecule has 0 aliphatic rings. The van der Waals surface area contributed by atoms with Gasteiger partial charge in [0, 0.05) is 42.0 Å². The molecular weight excluding hydrogens is 432 g/mol. The van der Waals surface area contributed by atoms with Crippen molar-refractivity contribution in [2.75, 3.05) is 32.3 Å². The summed E-state index contributed by atoms with van der Waals surface area (Å²) in [6, 6.07) is 16.9. The van der Waals surface area contributed by atoms with Crippen LogP contribution in [0, 0.1) is 0 Å². The van der Waals surface area contributed by atoms with Crippen LogP contribution in [0.15, 0.2) is 54.6 Å². The molecule has 168 valence electrons. The smallest absolute Gasteiger partial charge is 0.318 e. The fraction of sp³-hybridized carbons (Fsp3) is 0.227. The van der Waals surface area contributed by atoms with E-state index < -0.39 is 5.91 Å². The van der Waals surface area contributed by atoms with Gasteiger partial charge in [0.05, 0.1) is 19.9 Å². The summed E-state index contributed by atoms with van der Waals surface area (Å²) in [6.07, 6.45) is 2.47. The first-order valence-corrected chi connectivity index (χ1v) is 10.8. The Hall–Kier alpha value is -3.34. The van der Waals surface area contributed by atoms with Crippen LogP contribution in [0.1, 0.15) is 15.9 Å². The second kappa shape index (κ2) is 11.9. The van der Waals surface area contributed by atoms with Crippen LogP contribution < -0.4 is 20.3 Å². The molecule has 32 heavy (non-hydrogen) atoms. The van der Waals surface area contributed by atoms with Gasteiger partial charge < -0.3 is 14.8 Å². The number of rotatable bonds is 11. The Bertz CT molecular complexity index is 1030. The molecule has 0 saturated heterocycles. The lowest BCUT2D eigenvalue weighted by atomic mass is 10.1. The summed E-state index contributed by atoms with van der Waals surface area (Å²) >= 11 is 0.971. The number of nitrogens with zero attached hydrogens (tertiary/aromatic N) is 2. The highest BCUT2D eigenvalue weighted by Gasteiger charge is 2.11. The van der Waals surface area contributed by atoms with Crippen molar-refractivity contribution >= 4 is 23.8 Å². The number of nitrogens with one attached hydrogen (secondary N) is 2. The summed E-state index contributed by atoms with van der Waals surface area (Å²) in [4.78, 5) is 25.6. The largest absolute Gasteiger partial charge is 0.497 e. The lowest BCUT2D eigenvalue weighted by Crippen LogP contribution is -2.22. The van der Waals surface area contributed by atoms with Gasteiger partial charge in [-0.1, -0.05) is 29.3 Å². The van der Waals surface area contributed by atoms with Gasteiger partial charge in [-0.2, -0.15) is 15.4 Å². The number of anilines is 1. The molecule has 1 aromatic heterocycles. The SMILES string of the molecule is COc1ccc(CCNc2cc(-c3cccc(C(=O)NOOSC)c3)nc(OC)n2)cc1. The van der Waals surface area contributed by atoms with Gasteiger partial charge in [0.25, 0.3) is 5.91 Å². The Labute approximate surface area is 190 Å². The van der Waals surface area contributed by atoms with Crippen molar-refractivity contribution in [1.82, 2.24) is 15.4 Å². The highest BCUT2D eigenvalue weighted by molar-refractivity contribution is 7.93. The zero-order chi connectivity index (χ0) is 22.8. The molecule has 0 atom stereocenters. The van der Waals surface area contributed by atoms with E-state index in [0.29, 0.717) is 23.6 Å². The van der Waals surface area contributed by atoms with Gasteiger partial charge in [-0.3, -0.25) is 4.79 Å². The van der Waals surface area contributed by atoms with Crippen molar-refractivity contribution in [2.24, 2.45) is 0 Å². The van der Waals surface area contributed by atoms with E-state index in [0.717, 1.165) is 29.8 Å². The number of ether oxygens (including phenoxy) is 2. The van der Waals surface area contributed by atoms with E-state index in [1.165, 1.54) is 12.7 Å². The normalized spacial score (nSPS) is 10.5. The fourth-order valence-electron chi connectivity index (χ4n) is 2.85. The lowest BCUT2D eigenvalue weighted by Gasteiger charge is -2.10. The van der Waals surface area contributed by atoms with Crippen LogP contribution in [-0.4, -0.2) is 42.9 Å². The van der Waals surface area contributed by atoms with E-state index in [4.69, 9.17) is 9.47 Å². The van der Waals surface area contributed by atoms with Gasteiger partial charge in [-0.25, -0.2) is 0 Å². The number of carbonyl (C=O) groups is 1. The molecule has 0 spiro atoms. The fourth-order valence-corrected chi connectivity index (χ4v) is 2.95. The standard InChI is InChI=1S/C22H24N4O5S/c1-28-18-9-7-15(8-10-18)11-12-23-20-14-19(24-22(25-20)29-2)16-5-4-6-17(13-16)21(27)26-30-31-32-3/h4-10,13-14H,11-12H2,1-3H3,(H,26,27)(H,23,24,25). The molecular formula is C22H24N4O5S. The quantitative estimate of drug-likeness (QED) is 0.193. The molecule has 2 N–H and O–H groups in total. The number of hydrogen-bond acceptors (Lipinski definition) is 9. The van der Waals surface area contributed by atoms with E-state index >= 15 is 0 Å². The molecule has 0 aliphatic heterocycles. The van der Waals surface area contributed by atoms with Crippen molar-refractivity contribution in [1.29, 1.82) is 0 Å². The number of benzene rings is 2. The predicted molar refractivity (Wildman–Crippen MR) is 122 cm³/mol. The average Bonchev–Trinajstić information content (AvgIpc) is 2.84. The Balaban J connectivity index is 1.71. The Morgan fingerprint density at radius 2 is 1.84 bits per heavy atom. The second-order valence-electron chi connectivity index (χ2n) is 6.48. The maximum Gasteiger partial charge on any atom is 0.318 e. The lowest BCUT2D eigenvalue weighted by molar-refractivity contribution is -0.229. The maximum atomic E-state index is 12.2. The van der Waals surface area contributed by atoms with Crippen molar-refractivity contribution in [3.05, 3.63) is 65.7 Å². The zero-order valence-corrected chi connectivity index (χ0v) is 18.8. The maximum absolute atomic E-state index is 12.2. The van der Waals surface area contributed by atoms with Crippen LogP contribution in [0.3, 0.4) is 0 Å². The highest BCUT2D eigenvalue weighted by Crippen LogP contribution is 2.23. The summed E-state index contributed by atoms with van der Waals surface area (Å²) in [5.41, 5.74) is 5.10. The number of aromatic nitrogens is 2. The molecule has 9 nitrogen and oxygen atoms in total. The predicted octanol–water partition coefficient (Wildman–Crippen LogP) is 3.69.